The molecule has 0 atom stereocenters. The Hall–Kier alpha value is -4.52. The highest BCUT2D eigenvalue weighted by molar-refractivity contribution is 5.98. The molecule has 4 rings (SSSR count). The number of imidazole rings is 1. The normalized spacial score (nSPS) is 10.6. The summed E-state index contributed by atoms with van der Waals surface area (Å²) in [6, 6.07) is 9.75. The van der Waals surface area contributed by atoms with E-state index in [1.54, 1.807) is 38.4 Å². The molecule has 2 amide bonds. The van der Waals surface area contributed by atoms with E-state index in [0.29, 0.717) is 45.6 Å². The van der Waals surface area contributed by atoms with E-state index < -0.39 is 11.8 Å². The molecular weight excluding hydrogens is 411 g/mol. The molecule has 0 aliphatic rings. The Balaban J connectivity index is 1.91. The summed E-state index contributed by atoms with van der Waals surface area (Å²) in [4.78, 5) is 27.9. The summed E-state index contributed by atoms with van der Waals surface area (Å²) in [5.74, 6) is 0.170. The fourth-order valence-corrected chi connectivity index (χ4v) is 3.33. The van der Waals surface area contributed by atoms with Crippen LogP contribution in [0.2, 0.25) is 0 Å². The molecule has 4 N–H and O–H groups in total. The minimum atomic E-state index is -0.500. The van der Waals surface area contributed by atoms with Gasteiger partial charge in [-0.25, -0.2) is 19.2 Å². The molecule has 4 aromatic rings. The van der Waals surface area contributed by atoms with E-state index in [1.165, 1.54) is 18.3 Å². The molecule has 0 aliphatic carbocycles. The van der Waals surface area contributed by atoms with Crippen LogP contribution >= 0.6 is 0 Å². The maximum Gasteiger partial charge on any atom is 0.321 e. The number of benzene rings is 1. The molecule has 0 bridgehead atoms. The van der Waals surface area contributed by atoms with Crippen molar-refractivity contribution in [3.05, 3.63) is 54.1 Å². The summed E-state index contributed by atoms with van der Waals surface area (Å²) in [5.41, 5.74) is 3.29. The van der Waals surface area contributed by atoms with Gasteiger partial charge in [-0.1, -0.05) is 0 Å². The number of carbonyl (C=O) groups excluding carboxylic acids is 1. The number of nitrogens with zero attached hydrogens (tertiary/aromatic N) is 4. The van der Waals surface area contributed by atoms with Crippen LogP contribution in [0.25, 0.3) is 33.4 Å². The number of urea groups is 1. The van der Waals surface area contributed by atoms with Crippen molar-refractivity contribution in [3.63, 3.8) is 0 Å². The molecule has 0 spiro atoms. The van der Waals surface area contributed by atoms with E-state index in [1.807, 2.05) is 0 Å². The van der Waals surface area contributed by atoms with Crippen LogP contribution in [0.1, 0.15) is 12.5 Å². The van der Waals surface area contributed by atoms with Gasteiger partial charge >= 0.3 is 6.03 Å². The number of pyridine rings is 2. The zero-order chi connectivity index (χ0) is 22.7. The highest BCUT2D eigenvalue weighted by atomic mass is 19.1. The summed E-state index contributed by atoms with van der Waals surface area (Å²) in [7, 11) is 1.68. The average molecular weight is 430 g/mol. The highest BCUT2D eigenvalue weighted by Gasteiger charge is 2.17. The lowest BCUT2D eigenvalue weighted by molar-refractivity contribution is 0.252. The molecule has 1 aromatic carbocycles. The minimum absolute atomic E-state index is 0.132. The van der Waals surface area contributed by atoms with Crippen LogP contribution in [0.5, 0.6) is 0 Å². The minimum Gasteiger partial charge on any atom is -0.372 e. The zero-order valence-electron chi connectivity index (χ0n) is 17.3. The SMILES string of the molecule is CCNC(=O)Nc1nc2cc(-c3cnc(NC)c(C#N)c3)cc(-c3ncccc3F)c2[nH]1. The van der Waals surface area contributed by atoms with Gasteiger partial charge in [-0.15, -0.1) is 0 Å². The van der Waals surface area contributed by atoms with Crippen LogP contribution in [0.15, 0.2) is 42.7 Å². The quantitative estimate of drug-likeness (QED) is 0.380. The Morgan fingerprint density at radius 3 is 2.81 bits per heavy atom. The summed E-state index contributed by atoms with van der Waals surface area (Å²) in [6.07, 6.45) is 3.12. The van der Waals surface area contributed by atoms with Gasteiger partial charge in [-0.3, -0.25) is 10.3 Å². The van der Waals surface area contributed by atoms with Crippen LogP contribution in [0, 0.1) is 17.1 Å². The number of H-pyrrole nitrogens is 1. The molecule has 160 valence electrons. The third-order valence-corrected chi connectivity index (χ3v) is 4.75. The van der Waals surface area contributed by atoms with Gasteiger partial charge in [0.15, 0.2) is 0 Å². The fraction of sp³-hybridized carbons (Fsp3) is 0.136. The lowest BCUT2D eigenvalue weighted by atomic mass is 9.99. The number of aromatic amines is 1. The molecule has 0 unspecified atom stereocenters. The number of halogens is 1. The summed E-state index contributed by atoms with van der Waals surface area (Å²) >= 11 is 0. The van der Waals surface area contributed by atoms with E-state index in [4.69, 9.17) is 0 Å². The Morgan fingerprint density at radius 2 is 2.09 bits per heavy atom. The van der Waals surface area contributed by atoms with Gasteiger partial charge in [-0.2, -0.15) is 5.26 Å². The van der Waals surface area contributed by atoms with E-state index in [-0.39, 0.29) is 11.6 Å². The number of nitriles is 1. The largest absolute Gasteiger partial charge is 0.372 e. The number of nitrogens with one attached hydrogen (secondary N) is 4. The van der Waals surface area contributed by atoms with Gasteiger partial charge in [-0.05, 0) is 42.8 Å². The van der Waals surface area contributed by atoms with Gasteiger partial charge < -0.3 is 15.6 Å². The Morgan fingerprint density at radius 1 is 1.25 bits per heavy atom. The van der Waals surface area contributed by atoms with E-state index in [2.05, 4.69) is 42.0 Å². The molecule has 0 saturated carbocycles. The van der Waals surface area contributed by atoms with Crippen molar-refractivity contribution in [1.29, 1.82) is 5.26 Å². The average Bonchev–Trinajstić information content (AvgIpc) is 3.20. The van der Waals surface area contributed by atoms with Crippen LogP contribution in [-0.2, 0) is 0 Å². The maximum atomic E-state index is 14.6. The molecule has 3 aromatic heterocycles. The van der Waals surface area contributed by atoms with Gasteiger partial charge in [0.2, 0.25) is 5.95 Å². The molecule has 9 nitrogen and oxygen atoms in total. The van der Waals surface area contributed by atoms with Crippen molar-refractivity contribution in [2.24, 2.45) is 0 Å². The van der Waals surface area contributed by atoms with E-state index in [0.717, 1.165) is 0 Å². The number of rotatable bonds is 5. The topological polar surface area (TPSA) is 131 Å². The molecule has 0 radical (unpaired) electrons. The van der Waals surface area contributed by atoms with Crippen molar-refractivity contribution in [2.75, 3.05) is 24.2 Å². The monoisotopic (exact) mass is 430 g/mol. The third-order valence-electron chi connectivity index (χ3n) is 4.75. The first-order chi connectivity index (χ1) is 15.5. The smallest absolute Gasteiger partial charge is 0.321 e. The molecule has 3 heterocycles. The van der Waals surface area contributed by atoms with Gasteiger partial charge in [0.25, 0.3) is 0 Å². The summed E-state index contributed by atoms with van der Waals surface area (Å²) < 4.78 is 14.6. The molecule has 0 fully saturated rings. The first-order valence-corrected chi connectivity index (χ1v) is 9.81. The standard InChI is InChI=1S/C22H19FN8O/c1-3-26-22(32)31-21-29-17-9-12(14-7-13(10-24)20(25-2)28-11-14)8-15(19(17)30-21)18-16(23)5-4-6-27-18/h4-9,11H,3H2,1-2H3,(H,25,28)(H3,26,29,30,31,32). The van der Waals surface area contributed by atoms with E-state index >= 15 is 0 Å². The molecule has 32 heavy (non-hydrogen) atoms. The van der Waals surface area contributed by atoms with Crippen molar-refractivity contribution >= 4 is 28.8 Å². The van der Waals surface area contributed by atoms with Crippen LogP contribution in [-0.4, -0.2) is 39.6 Å². The third kappa shape index (κ3) is 3.91. The van der Waals surface area contributed by atoms with Crippen LogP contribution in [0.3, 0.4) is 0 Å². The predicted molar refractivity (Wildman–Crippen MR) is 119 cm³/mol. The van der Waals surface area contributed by atoms with Crippen molar-refractivity contribution in [2.45, 2.75) is 6.92 Å². The second-order valence-electron chi connectivity index (χ2n) is 6.80. The Kier molecular flexibility index (Phi) is 5.63. The lowest BCUT2D eigenvalue weighted by Crippen LogP contribution is -2.28. The first-order valence-electron chi connectivity index (χ1n) is 9.81. The Bertz CT molecular complexity index is 1360. The van der Waals surface area contributed by atoms with Crippen molar-refractivity contribution in [1.82, 2.24) is 25.3 Å². The summed E-state index contributed by atoms with van der Waals surface area (Å²) in [5, 5.41) is 17.6. The van der Waals surface area contributed by atoms with Gasteiger partial charge in [0.05, 0.1) is 16.6 Å². The number of amides is 2. The molecule has 10 heteroatoms. The van der Waals surface area contributed by atoms with Crippen LogP contribution < -0.4 is 16.0 Å². The number of hydrogen-bond donors (Lipinski definition) is 4. The predicted octanol–water partition coefficient (Wildman–Crippen LogP) is 3.88. The lowest BCUT2D eigenvalue weighted by Gasteiger charge is -2.09. The maximum absolute atomic E-state index is 14.6. The van der Waals surface area contributed by atoms with E-state index in [9.17, 15) is 14.4 Å². The van der Waals surface area contributed by atoms with Crippen LogP contribution in [0.4, 0.5) is 21.0 Å². The molecule has 0 aliphatic heterocycles. The Labute approximate surface area is 182 Å². The fourth-order valence-electron chi connectivity index (χ4n) is 3.33. The zero-order valence-corrected chi connectivity index (χ0v) is 17.3. The second kappa shape index (κ2) is 8.69. The number of aromatic nitrogens is 4. The summed E-state index contributed by atoms with van der Waals surface area (Å²) in [6.45, 7) is 2.26. The van der Waals surface area contributed by atoms with Gasteiger partial charge in [0.1, 0.15) is 23.4 Å². The molecule has 0 saturated heterocycles. The van der Waals surface area contributed by atoms with Crippen molar-refractivity contribution < 1.29 is 9.18 Å². The number of carbonyl (C=O) groups is 1. The number of fused-ring (bicyclic) bond motifs is 1. The highest BCUT2D eigenvalue weighted by Crippen LogP contribution is 2.34. The van der Waals surface area contributed by atoms with Crippen molar-refractivity contribution in [3.8, 4) is 28.5 Å². The number of hydrogen-bond acceptors (Lipinski definition) is 6. The first kappa shape index (κ1) is 20.7. The molecular formula is C22H19FN8O. The van der Waals surface area contributed by atoms with Gasteiger partial charge in [0, 0.05) is 37.1 Å². The number of anilines is 2. The second-order valence-corrected chi connectivity index (χ2v) is 6.80.